The molecule has 0 radical (unpaired) electrons. The van der Waals surface area contributed by atoms with E-state index in [0.717, 1.165) is 65.8 Å². The number of nitrogens with zero attached hydrogens (tertiary/aromatic N) is 5. The number of carbonyl (C=O) groups is 4. The lowest BCUT2D eigenvalue weighted by atomic mass is 10.0. The lowest BCUT2D eigenvalue weighted by molar-refractivity contribution is -0.136. The third-order valence-corrected chi connectivity index (χ3v) is 15.0. The van der Waals surface area contributed by atoms with Crippen LogP contribution in [-0.2, 0) is 25.6 Å². The van der Waals surface area contributed by atoms with Crippen LogP contribution in [0.3, 0.4) is 0 Å². The number of anilines is 2. The van der Waals surface area contributed by atoms with Gasteiger partial charge < -0.3 is 50.1 Å². The fourth-order valence-electron chi connectivity index (χ4n) is 9.97. The number of allylic oxidation sites excluding steroid dienone is 1. The van der Waals surface area contributed by atoms with Crippen molar-refractivity contribution in [3.63, 3.8) is 0 Å². The van der Waals surface area contributed by atoms with Crippen LogP contribution in [0.25, 0.3) is 16.2 Å². The second-order valence-corrected chi connectivity index (χ2v) is 20.2. The van der Waals surface area contributed by atoms with Crippen LogP contribution in [0.1, 0.15) is 125 Å². The Hall–Kier alpha value is -6.11. The zero-order valence-electron chi connectivity index (χ0n) is 40.2. The maximum Gasteiger partial charge on any atom is 0.407 e. The Morgan fingerprint density at radius 2 is 1.35 bits per heavy atom. The van der Waals surface area contributed by atoms with Crippen LogP contribution in [0.4, 0.5) is 29.7 Å². The number of carbonyl (C=O) groups excluding carboxylic acids is 4. The van der Waals surface area contributed by atoms with E-state index in [1.165, 1.54) is 26.4 Å². The fraction of sp³-hybridized carbons (Fsp3) is 0.520. The Balaban J connectivity index is 1.03. The van der Waals surface area contributed by atoms with E-state index in [1.54, 1.807) is 26.5 Å². The number of hydrogen-bond acceptors (Lipinski definition) is 11. The zero-order chi connectivity index (χ0) is 48.9. The highest BCUT2D eigenvalue weighted by Gasteiger charge is 2.39. The molecule has 6 heterocycles. The molecule has 0 bridgehead atoms. The van der Waals surface area contributed by atoms with Crippen LogP contribution in [0.5, 0.6) is 0 Å². The number of ether oxygens (including phenoxy) is 2. The molecule has 0 spiro atoms. The summed E-state index contributed by atoms with van der Waals surface area (Å²) in [7, 11) is 2.55. The van der Waals surface area contributed by atoms with Gasteiger partial charge in [-0.2, -0.15) is 0 Å². The number of piperidine rings is 1. The minimum atomic E-state index is -0.760. The maximum absolute atomic E-state index is 15.6. The molecule has 8 rings (SSSR count). The Morgan fingerprint density at radius 3 is 1.93 bits per heavy atom. The van der Waals surface area contributed by atoms with Crippen molar-refractivity contribution in [2.24, 2.45) is 11.8 Å². The largest absolute Gasteiger partial charge is 0.453 e. The number of methoxy groups -OCH3 is 2. The Kier molecular flexibility index (Phi) is 15.5. The number of benzene rings is 2. The van der Waals surface area contributed by atoms with E-state index in [0.29, 0.717) is 62.1 Å². The van der Waals surface area contributed by atoms with Gasteiger partial charge in [-0.15, -0.1) is 11.8 Å². The topological polar surface area (TPSA) is 190 Å². The predicted octanol–water partition coefficient (Wildman–Crippen LogP) is 8.99. The normalized spacial score (nSPS) is 20.3. The molecular weight excluding hydrogens is 907 g/mol. The molecular formula is C50H64F2N10O6S. The minimum absolute atomic E-state index is 0.0156. The van der Waals surface area contributed by atoms with E-state index in [-0.39, 0.29) is 53.2 Å². The predicted molar refractivity (Wildman–Crippen MR) is 261 cm³/mol. The SMILES string of the molecule is COC(=O)N[C@H](C(=O)N1CCC[C@H]1c1nc(-c2ccc(C3=CCC(c4c[nH]c([C@@H]5CCCN5C(=O)[C@@H](NC(=O)OC)C(C)C)n4)S3)c(CNc3cc(F)c(N4CCCCC4)c(F)c3)c2)c[nH]1)C(C)C. The highest BCUT2D eigenvalue weighted by molar-refractivity contribution is 8.08. The molecule has 69 heavy (non-hydrogen) atoms. The molecule has 3 saturated heterocycles. The highest BCUT2D eigenvalue weighted by atomic mass is 32.2. The van der Waals surface area contributed by atoms with Crippen molar-refractivity contribution in [2.75, 3.05) is 50.6 Å². The van der Waals surface area contributed by atoms with Crippen molar-refractivity contribution in [1.29, 1.82) is 0 Å². The molecule has 1 unspecified atom stereocenters. The summed E-state index contributed by atoms with van der Waals surface area (Å²) >= 11 is 1.68. The molecule has 5 N–H and O–H groups in total. The number of aromatic nitrogens is 4. The van der Waals surface area contributed by atoms with E-state index in [2.05, 4.69) is 32.0 Å². The van der Waals surface area contributed by atoms with Gasteiger partial charge in [0, 0.05) is 61.3 Å². The first kappa shape index (κ1) is 49.3. The molecule has 19 heteroatoms. The van der Waals surface area contributed by atoms with E-state index >= 15 is 8.78 Å². The van der Waals surface area contributed by atoms with Crippen LogP contribution in [-0.4, -0.2) is 106 Å². The first-order valence-corrected chi connectivity index (χ1v) is 25.0. The molecule has 2 aromatic carbocycles. The number of rotatable bonds is 15. The number of hydrogen-bond donors (Lipinski definition) is 5. The Labute approximate surface area is 406 Å². The summed E-state index contributed by atoms with van der Waals surface area (Å²) in [5.74, 6) is -0.550. The lowest BCUT2D eigenvalue weighted by Crippen LogP contribution is -2.51. The molecule has 4 amide bonds. The molecule has 0 saturated carbocycles. The van der Waals surface area contributed by atoms with E-state index < -0.39 is 35.9 Å². The molecule has 16 nitrogen and oxygen atoms in total. The number of imidazole rings is 2. The van der Waals surface area contributed by atoms with Crippen LogP contribution in [0.15, 0.2) is 48.8 Å². The maximum atomic E-state index is 15.6. The Morgan fingerprint density at radius 1 is 0.768 bits per heavy atom. The summed E-state index contributed by atoms with van der Waals surface area (Å²) < 4.78 is 40.9. The van der Waals surface area contributed by atoms with Crippen molar-refractivity contribution in [3.8, 4) is 11.3 Å². The average molecular weight is 971 g/mol. The van der Waals surface area contributed by atoms with Gasteiger partial charge in [0.2, 0.25) is 11.8 Å². The standard InChI is InChI=1S/C50H64F2N10O6S/c1-28(2)42(58-49(65)67-5)47(63)61-20-10-12-38(61)45-54-26-36(56-45)30-14-15-33(31(22-30)25-53-32-23-34(51)44(35(52)24-32)60-18-8-7-9-19-60)40-16-17-41(69-40)37-27-55-46(57-37)39-13-11-21-62(39)48(64)43(29(3)4)59-50(66)68-6/h14-16,22-24,26-29,38-39,41-43,53H,7-13,17-21,25H2,1-6H3,(H,54,56)(H,55,57)(H,58,65)(H,59,66)/t38-,39-,41?,42-,43-/m0/s1. The fourth-order valence-corrected chi connectivity index (χ4v) is 11.2. The number of nitrogens with one attached hydrogen (secondary N) is 5. The van der Waals surface area contributed by atoms with Gasteiger partial charge >= 0.3 is 12.2 Å². The molecule has 4 aliphatic rings. The number of halogens is 2. The quantitative estimate of drug-likeness (QED) is 0.0765. The monoisotopic (exact) mass is 970 g/mol. The van der Waals surface area contributed by atoms with Crippen LogP contribution >= 0.6 is 11.8 Å². The smallest absolute Gasteiger partial charge is 0.407 e. The average Bonchev–Trinajstić information content (AvgIpc) is 4.21. The van der Waals surface area contributed by atoms with Crippen molar-refractivity contribution < 1.29 is 37.4 Å². The van der Waals surface area contributed by atoms with Gasteiger partial charge in [0.15, 0.2) is 11.6 Å². The van der Waals surface area contributed by atoms with Gasteiger partial charge in [0.05, 0.1) is 42.9 Å². The van der Waals surface area contributed by atoms with Crippen molar-refractivity contribution >= 4 is 52.0 Å². The summed E-state index contributed by atoms with van der Waals surface area (Å²) in [6, 6.07) is 6.74. The molecule has 0 aliphatic carbocycles. The molecule has 4 aliphatic heterocycles. The van der Waals surface area contributed by atoms with Crippen molar-refractivity contribution in [1.82, 2.24) is 40.4 Å². The molecule has 370 valence electrons. The lowest BCUT2D eigenvalue weighted by Gasteiger charge is -2.30. The number of likely N-dealkylation sites (tertiary alicyclic amines) is 2. The second-order valence-electron chi connectivity index (χ2n) is 18.9. The van der Waals surface area contributed by atoms with Gasteiger partial charge in [-0.3, -0.25) is 9.59 Å². The van der Waals surface area contributed by atoms with E-state index in [9.17, 15) is 19.2 Å². The Bertz CT molecular complexity index is 2520. The summed E-state index contributed by atoms with van der Waals surface area (Å²) in [4.78, 5) is 75.0. The number of aromatic amines is 2. The van der Waals surface area contributed by atoms with Crippen LogP contribution in [0.2, 0.25) is 0 Å². The van der Waals surface area contributed by atoms with Crippen LogP contribution < -0.4 is 20.9 Å². The van der Waals surface area contributed by atoms with Gasteiger partial charge in [0.1, 0.15) is 29.4 Å². The number of amides is 4. The highest BCUT2D eigenvalue weighted by Crippen LogP contribution is 2.49. The first-order valence-electron chi connectivity index (χ1n) is 24.1. The van der Waals surface area contributed by atoms with E-state index in [1.807, 2.05) is 58.3 Å². The third kappa shape index (κ3) is 10.9. The summed E-state index contributed by atoms with van der Waals surface area (Å²) in [6.07, 6.45) is 11.2. The molecule has 2 aromatic heterocycles. The van der Waals surface area contributed by atoms with Crippen molar-refractivity contribution in [3.05, 3.63) is 88.9 Å². The number of alkyl carbamates (subject to hydrolysis) is 2. The summed E-state index contributed by atoms with van der Waals surface area (Å²) in [5.41, 5.74) is 4.51. The second kappa shape index (κ2) is 21.7. The summed E-state index contributed by atoms with van der Waals surface area (Å²) in [5, 5.41) is 8.70. The third-order valence-electron chi connectivity index (χ3n) is 13.7. The number of thioether (sulfide) groups is 1. The van der Waals surface area contributed by atoms with Gasteiger partial charge in [0.25, 0.3) is 0 Å². The molecule has 5 atom stereocenters. The van der Waals surface area contributed by atoms with Gasteiger partial charge in [-0.25, -0.2) is 28.3 Å². The zero-order valence-corrected chi connectivity index (χ0v) is 41.0. The summed E-state index contributed by atoms with van der Waals surface area (Å²) in [6.45, 7) is 10.1. The van der Waals surface area contributed by atoms with E-state index in [4.69, 9.17) is 19.4 Å². The van der Waals surface area contributed by atoms with Gasteiger partial charge in [-0.05, 0) is 92.5 Å². The van der Waals surface area contributed by atoms with Gasteiger partial charge in [-0.1, -0.05) is 45.9 Å². The van der Waals surface area contributed by atoms with Crippen molar-refractivity contribution in [2.45, 2.75) is 115 Å². The van der Waals surface area contributed by atoms with Crippen LogP contribution in [0, 0.1) is 23.5 Å². The number of H-pyrrole nitrogens is 2. The first-order chi connectivity index (χ1) is 33.2. The molecule has 4 aromatic rings. The molecule has 3 fully saturated rings. The minimum Gasteiger partial charge on any atom is -0.453 e.